The average Bonchev–Trinajstić information content (AvgIpc) is 3.79. The molecule has 5 heteroatoms. The molecule has 40 heavy (non-hydrogen) atoms. The van der Waals surface area contributed by atoms with E-state index in [0.29, 0.717) is 25.4 Å². The third-order valence-corrected chi connectivity index (χ3v) is 9.80. The summed E-state index contributed by atoms with van der Waals surface area (Å²) >= 11 is 0. The molecule has 1 amide bonds. The summed E-state index contributed by atoms with van der Waals surface area (Å²) < 4.78 is 5.64. The van der Waals surface area contributed by atoms with Crippen molar-refractivity contribution in [2.75, 3.05) is 33.3 Å². The van der Waals surface area contributed by atoms with Crippen molar-refractivity contribution in [2.45, 2.75) is 69.4 Å². The van der Waals surface area contributed by atoms with E-state index in [0.717, 1.165) is 65.9 Å². The maximum Gasteiger partial charge on any atom is 0.254 e. The van der Waals surface area contributed by atoms with E-state index in [-0.39, 0.29) is 11.9 Å². The Bertz CT molecular complexity index is 1370. The highest BCUT2D eigenvalue weighted by atomic mass is 16.5. The molecule has 0 radical (unpaired) electrons. The van der Waals surface area contributed by atoms with Crippen molar-refractivity contribution in [1.29, 1.82) is 0 Å². The van der Waals surface area contributed by atoms with Crippen LogP contribution in [-0.4, -0.2) is 65.7 Å². The number of amides is 1. The molecule has 212 valence electrons. The molecule has 1 saturated heterocycles. The lowest BCUT2D eigenvalue weighted by Crippen LogP contribution is -2.67. The summed E-state index contributed by atoms with van der Waals surface area (Å²) in [5.41, 5.74) is 0.629. The van der Waals surface area contributed by atoms with Gasteiger partial charge in [-0.2, -0.15) is 0 Å². The van der Waals surface area contributed by atoms with Crippen LogP contribution in [0.3, 0.4) is 0 Å². The first kappa shape index (κ1) is 27.3. The normalized spacial score (nSPS) is 27.0. The van der Waals surface area contributed by atoms with Gasteiger partial charge in [0.2, 0.25) is 0 Å². The highest BCUT2D eigenvalue weighted by molar-refractivity contribution is 5.98. The van der Waals surface area contributed by atoms with Crippen LogP contribution in [0.1, 0.15) is 68.3 Å². The van der Waals surface area contributed by atoms with E-state index in [2.05, 4.69) is 60.0 Å². The van der Waals surface area contributed by atoms with Crippen molar-refractivity contribution in [3.63, 3.8) is 0 Å². The number of piperidine rings is 1. The molecule has 0 aromatic heterocycles. The number of aliphatic hydroxyl groups is 1. The monoisotopic (exact) mass is 540 g/mol. The first-order valence-electron chi connectivity index (χ1n) is 15.2. The minimum Gasteiger partial charge on any atom is -0.497 e. The van der Waals surface area contributed by atoms with Gasteiger partial charge in [-0.1, -0.05) is 56.3 Å². The SMILES string of the molecule is COc1cccc([C@@]23CCN(CC4CC4)C[C@@]2(O)CC[C@@H](N(CC(C)C)C(=O)c2ccc4ccccc4c2)C3)c1. The lowest BCUT2D eigenvalue weighted by molar-refractivity contribution is -0.133. The molecular weight excluding hydrogens is 496 g/mol. The molecule has 3 fully saturated rings. The van der Waals surface area contributed by atoms with Crippen LogP contribution in [0.4, 0.5) is 0 Å². The fraction of sp³-hybridized carbons (Fsp3) is 0.514. The molecule has 3 atom stereocenters. The fourth-order valence-electron chi connectivity index (χ4n) is 7.52. The van der Waals surface area contributed by atoms with Crippen molar-refractivity contribution < 1.29 is 14.6 Å². The van der Waals surface area contributed by atoms with E-state index in [4.69, 9.17) is 4.74 Å². The summed E-state index contributed by atoms with van der Waals surface area (Å²) in [4.78, 5) is 18.9. The Hall–Kier alpha value is -2.89. The number of carbonyl (C=O) groups is 1. The van der Waals surface area contributed by atoms with Gasteiger partial charge < -0.3 is 19.6 Å². The number of ether oxygens (including phenoxy) is 1. The second kappa shape index (κ2) is 10.8. The third kappa shape index (κ3) is 5.14. The highest BCUT2D eigenvalue weighted by Crippen LogP contribution is 2.53. The topological polar surface area (TPSA) is 53.0 Å². The van der Waals surface area contributed by atoms with Crippen molar-refractivity contribution in [1.82, 2.24) is 9.80 Å². The molecule has 5 nitrogen and oxygen atoms in total. The van der Waals surface area contributed by atoms with Gasteiger partial charge in [-0.15, -0.1) is 0 Å². The van der Waals surface area contributed by atoms with Crippen LogP contribution >= 0.6 is 0 Å². The summed E-state index contributed by atoms with van der Waals surface area (Å²) in [5, 5.41) is 14.8. The van der Waals surface area contributed by atoms with E-state index < -0.39 is 11.0 Å². The van der Waals surface area contributed by atoms with Gasteiger partial charge in [0.05, 0.1) is 12.7 Å². The Labute approximate surface area is 239 Å². The molecule has 2 aliphatic carbocycles. The van der Waals surface area contributed by atoms with Crippen molar-refractivity contribution in [2.24, 2.45) is 11.8 Å². The van der Waals surface area contributed by atoms with Crippen molar-refractivity contribution in [3.05, 3.63) is 77.9 Å². The number of carbonyl (C=O) groups excluding carboxylic acids is 1. The number of benzene rings is 3. The molecule has 0 bridgehead atoms. The van der Waals surface area contributed by atoms with Crippen LogP contribution in [0.2, 0.25) is 0 Å². The zero-order chi connectivity index (χ0) is 27.9. The Morgan fingerprint density at radius 1 is 1.02 bits per heavy atom. The van der Waals surface area contributed by atoms with Gasteiger partial charge in [0, 0.05) is 36.7 Å². The number of rotatable bonds is 8. The molecule has 0 unspecified atom stereocenters. The second-order valence-corrected chi connectivity index (χ2v) is 13.1. The van der Waals surface area contributed by atoms with Gasteiger partial charge in [0.25, 0.3) is 5.91 Å². The minimum atomic E-state index is -0.835. The van der Waals surface area contributed by atoms with Crippen LogP contribution in [-0.2, 0) is 5.41 Å². The van der Waals surface area contributed by atoms with Crippen molar-refractivity contribution in [3.8, 4) is 5.75 Å². The molecule has 0 spiro atoms. The van der Waals surface area contributed by atoms with Crippen molar-refractivity contribution >= 4 is 16.7 Å². The number of likely N-dealkylation sites (tertiary alicyclic amines) is 1. The van der Waals surface area contributed by atoms with Crippen LogP contribution < -0.4 is 4.74 Å². The zero-order valence-corrected chi connectivity index (χ0v) is 24.3. The second-order valence-electron chi connectivity index (χ2n) is 13.1. The highest BCUT2D eigenvalue weighted by Gasteiger charge is 2.58. The molecule has 1 aliphatic heterocycles. The standard InChI is InChI=1S/C35H44N2O3/c1-25(2)22-37(33(38)29-14-13-27-7-4-5-8-28(27)19-29)31-15-16-35(39)24-36(23-26-11-12-26)18-17-34(35,21-31)30-9-6-10-32(20-30)40-3/h4-10,13-14,19-20,25-26,31,39H,11-12,15-18,21-24H2,1-3H3/t31-,34+,35+/m1/s1. The number of nitrogens with zero attached hydrogens (tertiary/aromatic N) is 2. The maximum atomic E-state index is 14.2. The first-order valence-corrected chi connectivity index (χ1v) is 15.2. The molecule has 2 saturated carbocycles. The van der Waals surface area contributed by atoms with Gasteiger partial charge >= 0.3 is 0 Å². The lowest BCUT2D eigenvalue weighted by atomic mass is 9.55. The summed E-state index contributed by atoms with van der Waals surface area (Å²) in [6.07, 6.45) is 5.79. The Balaban J connectivity index is 1.35. The van der Waals surface area contributed by atoms with Crippen LogP contribution in [0.5, 0.6) is 5.75 Å². The summed E-state index contributed by atoms with van der Waals surface area (Å²) in [5.74, 6) is 2.06. The quantitative estimate of drug-likeness (QED) is 0.365. The summed E-state index contributed by atoms with van der Waals surface area (Å²) in [7, 11) is 1.71. The number of fused-ring (bicyclic) bond motifs is 2. The minimum absolute atomic E-state index is 0.0582. The van der Waals surface area contributed by atoms with E-state index in [1.54, 1.807) is 7.11 Å². The Morgan fingerprint density at radius 3 is 2.58 bits per heavy atom. The molecule has 1 heterocycles. The van der Waals surface area contributed by atoms with Gasteiger partial charge in [0.1, 0.15) is 5.75 Å². The van der Waals surface area contributed by atoms with Crippen LogP contribution in [0.25, 0.3) is 10.8 Å². The van der Waals surface area contributed by atoms with E-state index in [1.807, 2.05) is 30.3 Å². The van der Waals surface area contributed by atoms with Gasteiger partial charge in [0.15, 0.2) is 0 Å². The van der Waals surface area contributed by atoms with Gasteiger partial charge in [-0.05, 0) is 97.5 Å². The lowest BCUT2D eigenvalue weighted by Gasteiger charge is -2.59. The number of methoxy groups -OCH3 is 1. The predicted octanol–water partition coefficient (Wildman–Crippen LogP) is 6.28. The number of hydrogen-bond acceptors (Lipinski definition) is 4. The third-order valence-electron chi connectivity index (χ3n) is 9.80. The van der Waals surface area contributed by atoms with E-state index in [1.165, 1.54) is 12.8 Å². The maximum absolute atomic E-state index is 14.2. The van der Waals surface area contributed by atoms with Crippen LogP contribution in [0.15, 0.2) is 66.7 Å². The first-order chi connectivity index (χ1) is 19.3. The summed E-state index contributed by atoms with van der Waals surface area (Å²) in [6.45, 7) is 7.86. The molecule has 6 rings (SSSR count). The van der Waals surface area contributed by atoms with Gasteiger partial charge in [-0.25, -0.2) is 0 Å². The average molecular weight is 541 g/mol. The number of β-amino-alcohol motifs (C(OH)–C–C–N with tert-alkyl or cyclic N) is 1. The molecule has 3 aliphatic rings. The van der Waals surface area contributed by atoms with E-state index >= 15 is 0 Å². The number of hydrogen-bond donors (Lipinski definition) is 1. The molecular formula is C35H44N2O3. The Morgan fingerprint density at radius 2 is 1.82 bits per heavy atom. The van der Waals surface area contributed by atoms with Crippen LogP contribution in [0, 0.1) is 11.8 Å². The zero-order valence-electron chi connectivity index (χ0n) is 24.3. The molecule has 1 N–H and O–H groups in total. The Kier molecular flexibility index (Phi) is 7.39. The predicted molar refractivity (Wildman–Crippen MR) is 161 cm³/mol. The molecule has 3 aromatic carbocycles. The molecule has 3 aromatic rings. The van der Waals surface area contributed by atoms with Gasteiger partial charge in [-0.3, -0.25) is 4.79 Å². The smallest absolute Gasteiger partial charge is 0.254 e. The fourth-order valence-corrected chi connectivity index (χ4v) is 7.52. The summed E-state index contributed by atoms with van der Waals surface area (Å²) in [6, 6.07) is 22.7. The van der Waals surface area contributed by atoms with E-state index in [9.17, 15) is 9.90 Å². The largest absolute Gasteiger partial charge is 0.497 e.